The first-order chi connectivity index (χ1) is 15.3. The van der Waals surface area contributed by atoms with E-state index in [2.05, 4.69) is 0 Å². The van der Waals surface area contributed by atoms with Gasteiger partial charge in [-0.3, -0.25) is 9.78 Å². The Hall–Kier alpha value is -2.58. The van der Waals surface area contributed by atoms with Crippen LogP contribution in [0.3, 0.4) is 0 Å². The number of aliphatic hydroxyl groups is 1. The van der Waals surface area contributed by atoms with E-state index in [4.69, 9.17) is 15.5 Å². The van der Waals surface area contributed by atoms with Gasteiger partial charge in [-0.25, -0.2) is 9.18 Å². The fourth-order valence-electron chi connectivity index (χ4n) is 6.52. The molecule has 4 heterocycles. The second-order valence-electron chi connectivity index (χ2n) is 9.70. The van der Waals surface area contributed by atoms with Crippen molar-refractivity contribution in [3.63, 3.8) is 0 Å². The van der Waals surface area contributed by atoms with E-state index in [1.54, 1.807) is 18.7 Å². The van der Waals surface area contributed by atoms with Crippen molar-refractivity contribution in [3.05, 3.63) is 39.8 Å². The fraction of sp³-hybridized carbons (Fsp3) is 0.542. The summed E-state index contributed by atoms with van der Waals surface area (Å²) in [5.41, 5.74) is 9.67. The summed E-state index contributed by atoms with van der Waals surface area (Å²) in [5, 5.41) is 12.0. The first-order valence-corrected chi connectivity index (χ1v) is 11.4. The van der Waals surface area contributed by atoms with Crippen LogP contribution in [-0.4, -0.2) is 39.1 Å². The highest BCUT2D eigenvalue weighted by molar-refractivity contribution is 5.92. The number of esters is 1. The molecule has 3 N–H and O–H groups in total. The summed E-state index contributed by atoms with van der Waals surface area (Å²) in [5.74, 6) is -2.19. The van der Waals surface area contributed by atoms with E-state index < -0.39 is 23.4 Å². The van der Waals surface area contributed by atoms with Crippen molar-refractivity contribution in [2.75, 3.05) is 6.61 Å². The first-order valence-electron chi connectivity index (χ1n) is 11.4. The van der Waals surface area contributed by atoms with E-state index in [0.717, 1.165) is 27.8 Å². The molecule has 1 aromatic heterocycles. The number of cyclic esters (lactones) is 1. The lowest BCUT2D eigenvalue weighted by Crippen LogP contribution is -2.61. The van der Waals surface area contributed by atoms with Crippen LogP contribution in [0, 0.1) is 24.6 Å². The highest BCUT2D eigenvalue weighted by Gasteiger charge is 2.59. The Kier molecular flexibility index (Phi) is 4.06. The molecule has 3 unspecified atom stereocenters. The van der Waals surface area contributed by atoms with Crippen molar-refractivity contribution >= 4 is 22.8 Å². The van der Waals surface area contributed by atoms with Crippen molar-refractivity contribution < 1.29 is 23.8 Å². The molecule has 3 aliphatic heterocycles. The lowest BCUT2D eigenvalue weighted by atomic mass is 9.69. The van der Waals surface area contributed by atoms with Crippen LogP contribution >= 0.6 is 0 Å². The molecule has 1 amide bonds. The molecule has 1 aromatic carbocycles. The number of fused-ring (bicyclic) bond motifs is 5. The Morgan fingerprint density at radius 2 is 2.16 bits per heavy atom. The zero-order valence-electron chi connectivity index (χ0n) is 18.2. The molecule has 1 aliphatic carbocycles. The van der Waals surface area contributed by atoms with Crippen LogP contribution in [0.1, 0.15) is 66.2 Å². The van der Waals surface area contributed by atoms with Crippen LogP contribution in [0.4, 0.5) is 4.39 Å². The zero-order chi connectivity index (χ0) is 22.5. The highest BCUT2D eigenvalue weighted by atomic mass is 19.1. The van der Waals surface area contributed by atoms with Crippen LogP contribution in [0.5, 0.6) is 0 Å². The lowest BCUT2D eigenvalue weighted by Gasteiger charge is -2.48. The molecule has 0 bridgehead atoms. The summed E-state index contributed by atoms with van der Waals surface area (Å²) in [6, 6.07) is 0.889. The number of rotatable bonds is 1. The molecule has 2 saturated heterocycles. The smallest absolute Gasteiger partial charge is 0.338 e. The predicted octanol–water partition coefficient (Wildman–Crippen LogP) is 2.35. The molecular formula is C24H26FN3O4. The fourth-order valence-corrected chi connectivity index (χ4v) is 6.52. The molecule has 32 heavy (non-hydrogen) atoms. The van der Waals surface area contributed by atoms with E-state index >= 15 is 0 Å². The summed E-state index contributed by atoms with van der Waals surface area (Å²) in [6.07, 6.45) is 2.00. The Morgan fingerprint density at radius 1 is 1.38 bits per heavy atom. The van der Waals surface area contributed by atoms with Crippen molar-refractivity contribution in [3.8, 4) is 0 Å². The van der Waals surface area contributed by atoms with Gasteiger partial charge in [0.2, 0.25) is 5.91 Å². The number of aromatic nitrogens is 1. The maximum Gasteiger partial charge on any atom is 0.338 e. The van der Waals surface area contributed by atoms with Crippen LogP contribution < -0.4 is 5.73 Å². The molecule has 168 valence electrons. The van der Waals surface area contributed by atoms with Crippen molar-refractivity contribution in [1.29, 1.82) is 0 Å². The van der Waals surface area contributed by atoms with Crippen LogP contribution in [-0.2, 0) is 27.3 Å². The number of ether oxygens (including phenoxy) is 1. The summed E-state index contributed by atoms with van der Waals surface area (Å²) in [7, 11) is 0. The number of piperidine rings is 1. The number of halogens is 1. The molecule has 2 fully saturated rings. The maximum absolute atomic E-state index is 14.7. The SMILES string of the molecule is CC[C@@]1(O)C(=O)OCC2C(=O)N3Cc4c(nc5cc(F)c(C)c6c5c4[C@@H](N)CC6)C3CC21. The van der Waals surface area contributed by atoms with Gasteiger partial charge in [0.25, 0.3) is 0 Å². The number of hydrogen-bond acceptors (Lipinski definition) is 6. The predicted molar refractivity (Wildman–Crippen MR) is 113 cm³/mol. The Morgan fingerprint density at radius 3 is 2.91 bits per heavy atom. The van der Waals surface area contributed by atoms with Gasteiger partial charge >= 0.3 is 5.97 Å². The number of nitrogens with two attached hydrogens (primary N) is 1. The third-order valence-corrected chi connectivity index (χ3v) is 8.34. The van der Waals surface area contributed by atoms with Gasteiger partial charge in [0, 0.05) is 35.5 Å². The van der Waals surface area contributed by atoms with E-state index in [1.165, 1.54) is 6.07 Å². The number of pyridine rings is 1. The lowest BCUT2D eigenvalue weighted by molar-refractivity contribution is -0.202. The van der Waals surface area contributed by atoms with E-state index in [-0.39, 0.29) is 36.8 Å². The van der Waals surface area contributed by atoms with Gasteiger partial charge < -0.3 is 20.5 Å². The number of aryl methyl sites for hydroxylation is 1. The highest BCUT2D eigenvalue weighted by Crippen LogP contribution is 2.52. The Labute approximate surface area is 184 Å². The van der Waals surface area contributed by atoms with E-state index in [9.17, 15) is 19.1 Å². The van der Waals surface area contributed by atoms with Crippen LogP contribution in [0.2, 0.25) is 0 Å². The first kappa shape index (κ1) is 20.1. The van der Waals surface area contributed by atoms with Gasteiger partial charge in [-0.1, -0.05) is 6.92 Å². The standard InChI is InChI=1S/C24H26FN3O4/c1-3-24(31)14-6-18-21-12(8-28(18)22(29)13(14)9-32-23(24)30)19-16(26)5-4-11-10(2)15(25)7-17(27-21)20(11)19/h7,13-14,16,18,31H,3-6,8-9,26H2,1-2H3/t13?,14?,16-,18?,24-/m0/s1. The summed E-state index contributed by atoms with van der Waals surface area (Å²) < 4.78 is 19.9. The molecule has 0 spiro atoms. The quantitative estimate of drug-likeness (QED) is 0.661. The molecule has 7 nitrogen and oxygen atoms in total. The zero-order valence-corrected chi connectivity index (χ0v) is 18.2. The minimum Gasteiger partial charge on any atom is -0.463 e. The number of benzene rings is 1. The summed E-state index contributed by atoms with van der Waals surface area (Å²) >= 11 is 0. The third kappa shape index (κ3) is 2.34. The minimum atomic E-state index is -1.69. The number of hydrogen-bond donors (Lipinski definition) is 2. The van der Waals surface area contributed by atoms with Crippen molar-refractivity contribution in [2.24, 2.45) is 17.6 Å². The number of carbonyl (C=O) groups is 2. The van der Waals surface area contributed by atoms with Gasteiger partial charge in [-0.05, 0) is 49.3 Å². The van der Waals surface area contributed by atoms with Gasteiger partial charge in [-0.15, -0.1) is 0 Å². The van der Waals surface area contributed by atoms with Gasteiger partial charge in [0.1, 0.15) is 12.4 Å². The molecular weight excluding hydrogens is 413 g/mol. The monoisotopic (exact) mass is 439 g/mol. The van der Waals surface area contributed by atoms with E-state index in [1.807, 2.05) is 0 Å². The second-order valence-corrected chi connectivity index (χ2v) is 9.70. The molecule has 2 aromatic rings. The molecule has 0 radical (unpaired) electrons. The summed E-state index contributed by atoms with van der Waals surface area (Å²) in [6.45, 7) is 3.89. The topological polar surface area (TPSA) is 106 Å². The van der Waals surface area contributed by atoms with Crippen molar-refractivity contribution in [2.45, 2.75) is 63.8 Å². The second kappa shape index (κ2) is 6.48. The molecule has 6 rings (SSSR count). The van der Waals surface area contributed by atoms with Gasteiger partial charge in [0.15, 0.2) is 5.60 Å². The normalized spacial score (nSPS) is 33.1. The molecule has 0 saturated carbocycles. The van der Waals surface area contributed by atoms with Gasteiger partial charge in [-0.2, -0.15) is 0 Å². The van der Waals surface area contributed by atoms with Gasteiger partial charge in [0.05, 0.1) is 23.2 Å². The average molecular weight is 439 g/mol. The molecule has 8 heteroatoms. The largest absolute Gasteiger partial charge is 0.463 e. The third-order valence-electron chi connectivity index (χ3n) is 8.34. The number of amides is 1. The van der Waals surface area contributed by atoms with Crippen LogP contribution in [0.25, 0.3) is 10.9 Å². The Bertz CT molecular complexity index is 1210. The molecule has 5 atom stereocenters. The maximum atomic E-state index is 14.7. The minimum absolute atomic E-state index is 0.0134. The number of carbonyl (C=O) groups excluding carboxylic acids is 2. The van der Waals surface area contributed by atoms with Crippen LogP contribution in [0.15, 0.2) is 6.07 Å². The Balaban J connectivity index is 1.55. The number of nitrogens with zero attached hydrogens (tertiary/aromatic N) is 2. The molecule has 4 aliphatic rings. The van der Waals surface area contributed by atoms with E-state index in [0.29, 0.717) is 36.9 Å². The summed E-state index contributed by atoms with van der Waals surface area (Å²) in [4.78, 5) is 32.5. The average Bonchev–Trinajstić information content (AvgIpc) is 3.14. The van der Waals surface area contributed by atoms with Crippen molar-refractivity contribution in [1.82, 2.24) is 9.88 Å².